The number of nitrogens with zero attached hydrogens (tertiary/aromatic N) is 2. The third-order valence-electron chi connectivity index (χ3n) is 6.12. The number of nitrogens with one attached hydrogen (secondary N) is 1. The molecule has 3 fully saturated rings. The van der Waals surface area contributed by atoms with Gasteiger partial charge in [0.1, 0.15) is 11.4 Å². The van der Waals surface area contributed by atoms with Crippen molar-refractivity contribution in [1.29, 1.82) is 0 Å². The van der Waals surface area contributed by atoms with E-state index in [0.717, 1.165) is 43.3 Å². The van der Waals surface area contributed by atoms with Crippen LogP contribution in [0.5, 0.6) is 0 Å². The molecule has 2 N–H and O–H groups in total. The van der Waals surface area contributed by atoms with Crippen LogP contribution < -0.4 is 15.6 Å². The van der Waals surface area contributed by atoms with Crippen molar-refractivity contribution >= 4 is 22.6 Å². The van der Waals surface area contributed by atoms with E-state index in [2.05, 4.69) is 17.1 Å². The van der Waals surface area contributed by atoms with E-state index in [1.807, 2.05) is 4.57 Å². The molecule has 7 heteroatoms. The fraction of sp³-hybridized carbons (Fsp3) is 0.524. The summed E-state index contributed by atoms with van der Waals surface area (Å²) in [5.74, 6) is -1.43. The van der Waals surface area contributed by atoms with Crippen LogP contribution in [0.15, 0.2) is 17.1 Å². The van der Waals surface area contributed by atoms with Gasteiger partial charge in [-0.2, -0.15) is 0 Å². The molecule has 2 aliphatic carbocycles. The molecule has 1 aromatic carbocycles. The second kappa shape index (κ2) is 6.30. The zero-order valence-electron chi connectivity index (χ0n) is 15.9. The van der Waals surface area contributed by atoms with Gasteiger partial charge in [0.15, 0.2) is 0 Å². The van der Waals surface area contributed by atoms with Gasteiger partial charge < -0.3 is 19.9 Å². The Kier molecular flexibility index (Phi) is 3.98. The van der Waals surface area contributed by atoms with Gasteiger partial charge in [0.2, 0.25) is 5.43 Å². The van der Waals surface area contributed by atoms with E-state index in [4.69, 9.17) is 0 Å². The normalized spacial score (nSPS) is 22.6. The van der Waals surface area contributed by atoms with Crippen molar-refractivity contribution in [3.63, 3.8) is 0 Å². The maximum Gasteiger partial charge on any atom is 0.341 e. The highest BCUT2D eigenvalue weighted by atomic mass is 19.1. The lowest BCUT2D eigenvalue weighted by Gasteiger charge is -2.35. The molecule has 2 saturated carbocycles. The maximum absolute atomic E-state index is 15.4. The molecule has 2 heterocycles. The Labute approximate surface area is 161 Å². The van der Waals surface area contributed by atoms with Gasteiger partial charge in [-0.15, -0.1) is 0 Å². The number of carboxylic acids is 1. The molecule has 6 nitrogen and oxygen atoms in total. The Morgan fingerprint density at radius 2 is 2.04 bits per heavy atom. The average Bonchev–Trinajstić information content (AvgIpc) is 3.54. The van der Waals surface area contributed by atoms with Gasteiger partial charge in [0.25, 0.3) is 0 Å². The topological polar surface area (TPSA) is 74.6 Å². The van der Waals surface area contributed by atoms with Gasteiger partial charge in [-0.25, -0.2) is 9.18 Å². The van der Waals surface area contributed by atoms with E-state index in [1.165, 1.54) is 12.3 Å². The highest BCUT2D eigenvalue weighted by Gasteiger charge is 2.37. The standard InChI is InChI=1S/C21H24FN3O3/c1-11-9-24(7-6-23-11)19-16(22)8-14-18(17(19)12-2-3-12)25(13-4-5-13)10-15(20(14)26)21(27)28/h8,10-13,23H,2-7,9H2,1H3,(H,27,28). The van der Waals surface area contributed by atoms with Crippen LogP contribution in [0.4, 0.5) is 10.1 Å². The van der Waals surface area contributed by atoms with E-state index < -0.39 is 17.2 Å². The van der Waals surface area contributed by atoms with E-state index in [0.29, 0.717) is 18.8 Å². The summed E-state index contributed by atoms with van der Waals surface area (Å²) in [5, 5.41) is 13.1. The van der Waals surface area contributed by atoms with Gasteiger partial charge in [-0.3, -0.25) is 4.79 Å². The van der Waals surface area contributed by atoms with Crippen molar-refractivity contribution in [1.82, 2.24) is 9.88 Å². The van der Waals surface area contributed by atoms with Crippen LogP contribution in [0.3, 0.4) is 0 Å². The van der Waals surface area contributed by atoms with Gasteiger partial charge in [-0.05, 0) is 44.6 Å². The van der Waals surface area contributed by atoms with Gasteiger partial charge in [0.05, 0.1) is 11.2 Å². The van der Waals surface area contributed by atoms with Crippen molar-refractivity contribution in [3.8, 4) is 0 Å². The molecule has 148 valence electrons. The van der Waals surface area contributed by atoms with Gasteiger partial charge in [0, 0.05) is 48.9 Å². The average molecular weight is 385 g/mol. The molecule has 0 amide bonds. The fourth-order valence-corrected chi connectivity index (χ4v) is 4.52. The number of hydrogen-bond donors (Lipinski definition) is 2. The zero-order valence-corrected chi connectivity index (χ0v) is 15.9. The number of pyridine rings is 1. The molecule has 0 spiro atoms. The summed E-state index contributed by atoms with van der Waals surface area (Å²) >= 11 is 0. The number of piperazine rings is 1. The summed E-state index contributed by atoms with van der Waals surface area (Å²) < 4.78 is 17.3. The lowest BCUT2D eigenvalue weighted by atomic mass is 9.98. The minimum Gasteiger partial charge on any atom is -0.477 e. The first-order valence-electron chi connectivity index (χ1n) is 10.1. The van der Waals surface area contributed by atoms with Crippen molar-refractivity contribution < 1.29 is 14.3 Å². The van der Waals surface area contributed by atoms with Crippen molar-refractivity contribution in [2.24, 2.45) is 0 Å². The van der Waals surface area contributed by atoms with Crippen LogP contribution in [0.2, 0.25) is 0 Å². The number of hydrogen-bond acceptors (Lipinski definition) is 4. The second-order valence-electron chi connectivity index (χ2n) is 8.41. The van der Waals surface area contributed by atoms with Crippen LogP contribution in [-0.2, 0) is 0 Å². The van der Waals surface area contributed by atoms with Gasteiger partial charge in [-0.1, -0.05) is 0 Å². The predicted octanol–water partition coefficient (Wildman–Crippen LogP) is 2.85. The first kappa shape index (κ1) is 17.7. The molecule has 1 aliphatic heterocycles. The lowest BCUT2D eigenvalue weighted by Crippen LogP contribution is -2.49. The molecular weight excluding hydrogens is 361 g/mol. The zero-order chi connectivity index (χ0) is 19.6. The largest absolute Gasteiger partial charge is 0.477 e. The third kappa shape index (κ3) is 2.80. The Bertz CT molecular complexity index is 1040. The number of fused-ring (bicyclic) bond motifs is 1. The molecule has 3 aliphatic rings. The summed E-state index contributed by atoms with van der Waals surface area (Å²) in [6, 6.07) is 1.73. The fourth-order valence-electron chi connectivity index (χ4n) is 4.52. The van der Waals surface area contributed by atoms with Crippen LogP contribution in [0.25, 0.3) is 10.9 Å². The monoisotopic (exact) mass is 385 g/mol. The third-order valence-corrected chi connectivity index (χ3v) is 6.12. The minimum absolute atomic E-state index is 0.193. The molecule has 1 aromatic heterocycles. The van der Waals surface area contributed by atoms with E-state index >= 15 is 4.39 Å². The molecule has 1 unspecified atom stereocenters. The number of aromatic carboxylic acids is 1. The van der Waals surface area contributed by atoms with Crippen LogP contribution in [0, 0.1) is 5.82 Å². The molecule has 0 bridgehead atoms. The molecule has 28 heavy (non-hydrogen) atoms. The SMILES string of the molecule is CC1CN(c2c(F)cc3c(=O)c(C(=O)O)cn(C4CC4)c3c2C2CC2)CCN1. The molecular formula is C21H24FN3O3. The molecule has 1 atom stereocenters. The van der Waals surface area contributed by atoms with Crippen molar-refractivity contribution in [2.75, 3.05) is 24.5 Å². The maximum atomic E-state index is 15.4. The highest BCUT2D eigenvalue weighted by molar-refractivity contribution is 5.96. The van der Waals surface area contributed by atoms with Crippen LogP contribution in [0.1, 0.15) is 60.5 Å². The summed E-state index contributed by atoms with van der Waals surface area (Å²) in [5.41, 5.74) is 1.41. The number of aromatic nitrogens is 1. The Hall–Kier alpha value is -2.41. The molecule has 0 radical (unpaired) electrons. The number of halogens is 1. The number of carbonyl (C=O) groups is 1. The molecule has 5 rings (SSSR count). The Morgan fingerprint density at radius 1 is 1.29 bits per heavy atom. The van der Waals surface area contributed by atoms with Crippen molar-refractivity contribution in [3.05, 3.63) is 39.4 Å². The molecule has 2 aromatic rings. The lowest BCUT2D eigenvalue weighted by molar-refractivity contribution is 0.0695. The van der Waals surface area contributed by atoms with Gasteiger partial charge >= 0.3 is 5.97 Å². The highest BCUT2D eigenvalue weighted by Crippen LogP contribution is 2.50. The first-order chi connectivity index (χ1) is 13.5. The number of rotatable bonds is 4. The summed E-state index contributed by atoms with van der Waals surface area (Å²) in [4.78, 5) is 26.6. The smallest absolute Gasteiger partial charge is 0.341 e. The summed E-state index contributed by atoms with van der Waals surface area (Å²) in [6.07, 6.45) is 5.36. The summed E-state index contributed by atoms with van der Waals surface area (Å²) in [7, 11) is 0. The van der Waals surface area contributed by atoms with E-state index in [-0.39, 0.29) is 29.0 Å². The Balaban J connectivity index is 1.83. The Morgan fingerprint density at radius 3 is 2.64 bits per heavy atom. The number of anilines is 1. The van der Waals surface area contributed by atoms with Crippen molar-refractivity contribution in [2.45, 2.75) is 50.6 Å². The number of benzene rings is 1. The van der Waals surface area contributed by atoms with Crippen LogP contribution >= 0.6 is 0 Å². The summed E-state index contributed by atoms with van der Waals surface area (Å²) in [6.45, 7) is 4.30. The second-order valence-corrected chi connectivity index (χ2v) is 8.41. The minimum atomic E-state index is -1.25. The van der Waals surface area contributed by atoms with E-state index in [9.17, 15) is 14.7 Å². The van der Waals surface area contributed by atoms with E-state index in [1.54, 1.807) is 0 Å². The van der Waals surface area contributed by atoms with Crippen LogP contribution in [-0.4, -0.2) is 41.3 Å². The molecule has 1 saturated heterocycles. The number of carboxylic acid groups (broad SMARTS) is 1. The first-order valence-corrected chi connectivity index (χ1v) is 10.1. The quantitative estimate of drug-likeness (QED) is 0.847. The predicted molar refractivity (Wildman–Crippen MR) is 105 cm³/mol.